The molecule has 2 aliphatic rings. The van der Waals surface area contributed by atoms with Gasteiger partial charge in [0.15, 0.2) is 0 Å². The molecule has 2 heteroatoms. The van der Waals surface area contributed by atoms with Gasteiger partial charge in [0.2, 0.25) is 0 Å². The zero-order valence-corrected chi connectivity index (χ0v) is 13.4. The molecule has 1 aromatic rings. The Morgan fingerprint density at radius 3 is 2.65 bits per heavy atom. The SMILES string of the molecule is CCNC(CSC1CCCC1)C1CC1c1ccccc1. The molecular weight excluding hydrogens is 262 g/mol. The second-order valence-corrected chi connectivity index (χ2v) is 7.65. The van der Waals surface area contributed by atoms with E-state index in [0.29, 0.717) is 0 Å². The molecular formula is C18H27NS. The quantitative estimate of drug-likeness (QED) is 0.796. The van der Waals surface area contributed by atoms with E-state index in [0.717, 1.165) is 29.7 Å². The molecule has 110 valence electrons. The van der Waals surface area contributed by atoms with Crippen molar-refractivity contribution in [2.45, 2.75) is 56.2 Å². The Hall–Kier alpha value is -0.470. The summed E-state index contributed by atoms with van der Waals surface area (Å²) in [5, 5.41) is 4.70. The lowest BCUT2D eigenvalue weighted by Gasteiger charge is -2.20. The third-order valence-electron chi connectivity index (χ3n) is 4.86. The van der Waals surface area contributed by atoms with Crippen LogP contribution in [0.2, 0.25) is 0 Å². The van der Waals surface area contributed by atoms with Crippen molar-refractivity contribution in [2.24, 2.45) is 5.92 Å². The van der Waals surface area contributed by atoms with Crippen molar-refractivity contribution in [2.75, 3.05) is 12.3 Å². The fraction of sp³-hybridized carbons (Fsp3) is 0.667. The van der Waals surface area contributed by atoms with Crippen LogP contribution in [0.4, 0.5) is 0 Å². The Bertz CT molecular complexity index is 399. The van der Waals surface area contributed by atoms with E-state index in [2.05, 4.69) is 54.3 Å². The number of rotatable bonds is 7. The predicted octanol–water partition coefficient (Wildman–Crippen LogP) is 4.44. The summed E-state index contributed by atoms with van der Waals surface area (Å²) in [6.45, 7) is 3.35. The molecule has 0 bridgehead atoms. The summed E-state index contributed by atoms with van der Waals surface area (Å²) in [6.07, 6.45) is 7.21. The van der Waals surface area contributed by atoms with Crippen molar-refractivity contribution >= 4 is 11.8 Å². The first-order chi connectivity index (χ1) is 9.88. The summed E-state index contributed by atoms with van der Waals surface area (Å²) in [4.78, 5) is 0. The molecule has 3 atom stereocenters. The van der Waals surface area contributed by atoms with Gasteiger partial charge in [-0.3, -0.25) is 0 Å². The van der Waals surface area contributed by atoms with E-state index in [1.807, 2.05) is 0 Å². The van der Waals surface area contributed by atoms with E-state index in [-0.39, 0.29) is 0 Å². The zero-order chi connectivity index (χ0) is 13.8. The second-order valence-electron chi connectivity index (χ2n) is 6.32. The highest BCUT2D eigenvalue weighted by Gasteiger charge is 2.43. The maximum atomic E-state index is 3.75. The minimum Gasteiger partial charge on any atom is -0.313 e. The molecule has 0 spiro atoms. The zero-order valence-electron chi connectivity index (χ0n) is 12.6. The molecule has 1 aromatic carbocycles. The molecule has 2 aliphatic carbocycles. The van der Waals surface area contributed by atoms with Crippen molar-refractivity contribution in [3.8, 4) is 0 Å². The van der Waals surface area contributed by atoms with Gasteiger partial charge in [0, 0.05) is 17.0 Å². The average Bonchev–Trinajstić information content (AvgIpc) is 3.11. The predicted molar refractivity (Wildman–Crippen MR) is 89.5 cm³/mol. The Morgan fingerprint density at radius 1 is 1.20 bits per heavy atom. The molecule has 1 N–H and O–H groups in total. The minimum atomic E-state index is 0.718. The summed E-state index contributed by atoms with van der Waals surface area (Å²) >= 11 is 2.24. The van der Waals surface area contributed by atoms with Gasteiger partial charge in [0.05, 0.1) is 0 Å². The fourth-order valence-corrected chi connectivity index (χ4v) is 5.14. The smallest absolute Gasteiger partial charge is 0.0192 e. The summed E-state index contributed by atoms with van der Waals surface area (Å²) in [5.41, 5.74) is 1.55. The summed E-state index contributed by atoms with van der Waals surface area (Å²) < 4.78 is 0. The summed E-state index contributed by atoms with van der Waals surface area (Å²) in [6, 6.07) is 11.8. The van der Waals surface area contributed by atoms with Crippen LogP contribution in [0.3, 0.4) is 0 Å². The molecule has 20 heavy (non-hydrogen) atoms. The second kappa shape index (κ2) is 7.00. The van der Waals surface area contributed by atoms with Crippen LogP contribution in [0.5, 0.6) is 0 Å². The van der Waals surface area contributed by atoms with Crippen LogP contribution in [-0.2, 0) is 0 Å². The molecule has 2 saturated carbocycles. The Kier molecular flexibility index (Phi) is 5.06. The Morgan fingerprint density at radius 2 is 1.95 bits per heavy atom. The van der Waals surface area contributed by atoms with Crippen LogP contribution >= 0.6 is 11.8 Å². The first-order valence-corrected chi connectivity index (χ1v) is 9.33. The lowest BCUT2D eigenvalue weighted by molar-refractivity contribution is 0.509. The van der Waals surface area contributed by atoms with Gasteiger partial charge < -0.3 is 5.32 Å². The van der Waals surface area contributed by atoms with Crippen LogP contribution in [0.25, 0.3) is 0 Å². The van der Waals surface area contributed by atoms with Gasteiger partial charge in [0.1, 0.15) is 0 Å². The van der Waals surface area contributed by atoms with Gasteiger partial charge in [0.25, 0.3) is 0 Å². The van der Waals surface area contributed by atoms with Gasteiger partial charge in [-0.1, -0.05) is 50.1 Å². The average molecular weight is 289 g/mol. The van der Waals surface area contributed by atoms with Crippen molar-refractivity contribution in [3.63, 3.8) is 0 Å². The van der Waals surface area contributed by atoms with Crippen LogP contribution < -0.4 is 5.32 Å². The van der Waals surface area contributed by atoms with E-state index in [4.69, 9.17) is 0 Å². The summed E-state index contributed by atoms with van der Waals surface area (Å²) in [7, 11) is 0. The van der Waals surface area contributed by atoms with Gasteiger partial charge in [-0.15, -0.1) is 0 Å². The van der Waals surface area contributed by atoms with Crippen molar-refractivity contribution in [1.82, 2.24) is 5.32 Å². The van der Waals surface area contributed by atoms with Gasteiger partial charge in [-0.2, -0.15) is 11.8 Å². The molecule has 0 heterocycles. The monoisotopic (exact) mass is 289 g/mol. The normalized spacial score (nSPS) is 27.6. The summed E-state index contributed by atoms with van der Waals surface area (Å²) in [5.74, 6) is 2.99. The van der Waals surface area contributed by atoms with E-state index < -0.39 is 0 Å². The lowest BCUT2D eigenvalue weighted by atomic mass is 10.1. The number of thioether (sulfide) groups is 1. The maximum absolute atomic E-state index is 3.75. The van der Waals surface area contributed by atoms with E-state index in [1.54, 1.807) is 5.56 Å². The topological polar surface area (TPSA) is 12.0 Å². The third-order valence-corrected chi connectivity index (χ3v) is 6.36. The molecule has 2 fully saturated rings. The highest BCUT2D eigenvalue weighted by Crippen LogP contribution is 2.50. The number of hydrogen-bond donors (Lipinski definition) is 1. The molecule has 3 rings (SSSR count). The highest BCUT2D eigenvalue weighted by molar-refractivity contribution is 7.99. The molecule has 0 aromatic heterocycles. The van der Waals surface area contributed by atoms with Crippen LogP contribution in [0.15, 0.2) is 30.3 Å². The van der Waals surface area contributed by atoms with E-state index in [9.17, 15) is 0 Å². The third kappa shape index (κ3) is 3.59. The molecule has 1 nitrogen and oxygen atoms in total. The van der Waals surface area contributed by atoms with Gasteiger partial charge in [-0.05, 0) is 43.2 Å². The minimum absolute atomic E-state index is 0.718. The molecule has 0 aliphatic heterocycles. The number of benzene rings is 1. The van der Waals surface area contributed by atoms with Crippen molar-refractivity contribution in [1.29, 1.82) is 0 Å². The molecule has 0 radical (unpaired) electrons. The van der Waals surface area contributed by atoms with Crippen LogP contribution in [0.1, 0.15) is 50.5 Å². The molecule has 0 saturated heterocycles. The molecule has 0 amide bonds. The van der Waals surface area contributed by atoms with E-state index >= 15 is 0 Å². The first-order valence-electron chi connectivity index (χ1n) is 8.28. The van der Waals surface area contributed by atoms with Gasteiger partial charge in [-0.25, -0.2) is 0 Å². The van der Waals surface area contributed by atoms with Gasteiger partial charge >= 0.3 is 0 Å². The lowest BCUT2D eigenvalue weighted by Crippen LogP contribution is -2.34. The number of hydrogen-bond acceptors (Lipinski definition) is 2. The Labute approximate surface area is 127 Å². The largest absolute Gasteiger partial charge is 0.313 e. The molecule has 3 unspecified atom stereocenters. The van der Waals surface area contributed by atoms with Crippen LogP contribution in [0, 0.1) is 5.92 Å². The number of nitrogens with one attached hydrogen (secondary N) is 1. The first kappa shape index (κ1) is 14.5. The Balaban J connectivity index is 1.52. The highest BCUT2D eigenvalue weighted by atomic mass is 32.2. The fourth-order valence-electron chi connectivity index (χ4n) is 3.63. The van der Waals surface area contributed by atoms with Crippen molar-refractivity contribution in [3.05, 3.63) is 35.9 Å². The van der Waals surface area contributed by atoms with Crippen molar-refractivity contribution < 1.29 is 0 Å². The maximum Gasteiger partial charge on any atom is 0.0192 e. The van der Waals surface area contributed by atoms with E-state index in [1.165, 1.54) is 37.9 Å². The standard InChI is InChI=1S/C18H27NS/c1-2-19-18(13-20-15-10-6-7-11-15)17-12-16(17)14-8-4-3-5-9-14/h3-5,8-9,15-19H,2,6-7,10-13H2,1H3. The van der Waals surface area contributed by atoms with Crippen LogP contribution in [-0.4, -0.2) is 23.6 Å².